The number of aryl methyl sites for hydroxylation is 1. The van der Waals surface area contributed by atoms with Crippen LogP contribution in [0.2, 0.25) is 0 Å². The van der Waals surface area contributed by atoms with E-state index in [9.17, 15) is 8.42 Å². The van der Waals surface area contributed by atoms with Gasteiger partial charge in [0.15, 0.2) is 5.03 Å². The SMILES string of the molecule is Cc1cc(NS(=O)(=O)c2[nH]ncc2CN)ncc1Br. The van der Waals surface area contributed by atoms with E-state index in [0.717, 1.165) is 10.0 Å². The van der Waals surface area contributed by atoms with Crippen molar-refractivity contribution < 1.29 is 8.42 Å². The van der Waals surface area contributed by atoms with Gasteiger partial charge < -0.3 is 5.73 Å². The van der Waals surface area contributed by atoms with Crippen molar-refractivity contribution in [2.75, 3.05) is 4.72 Å². The zero-order chi connectivity index (χ0) is 14.0. The third kappa shape index (κ3) is 2.94. The van der Waals surface area contributed by atoms with Crippen molar-refractivity contribution in [2.45, 2.75) is 18.5 Å². The van der Waals surface area contributed by atoms with E-state index in [-0.39, 0.29) is 17.4 Å². The highest BCUT2D eigenvalue weighted by atomic mass is 79.9. The zero-order valence-electron chi connectivity index (χ0n) is 10.0. The molecule has 0 fully saturated rings. The second-order valence-electron chi connectivity index (χ2n) is 3.85. The van der Waals surface area contributed by atoms with Gasteiger partial charge in [0, 0.05) is 22.8 Å². The van der Waals surface area contributed by atoms with Gasteiger partial charge >= 0.3 is 0 Å². The number of nitrogens with one attached hydrogen (secondary N) is 2. The molecule has 0 unspecified atom stereocenters. The first-order chi connectivity index (χ1) is 8.94. The molecule has 2 aromatic rings. The molecule has 0 aliphatic heterocycles. The number of sulfonamides is 1. The molecule has 0 atom stereocenters. The molecule has 2 aromatic heterocycles. The van der Waals surface area contributed by atoms with Gasteiger partial charge in [-0.05, 0) is 34.5 Å². The van der Waals surface area contributed by atoms with E-state index in [1.165, 1.54) is 12.4 Å². The van der Waals surface area contributed by atoms with Gasteiger partial charge in [0.05, 0.1) is 6.20 Å². The predicted molar refractivity (Wildman–Crippen MR) is 74.0 cm³/mol. The minimum Gasteiger partial charge on any atom is -0.326 e. The number of nitrogens with two attached hydrogens (primary N) is 1. The van der Waals surface area contributed by atoms with Gasteiger partial charge in [-0.15, -0.1) is 0 Å². The minimum absolute atomic E-state index is 0.0441. The Morgan fingerprint density at radius 3 is 2.84 bits per heavy atom. The number of halogens is 1. The van der Waals surface area contributed by atoms with Crippen LogP contribution >= 0.6 is 15.9 Å². The summed E-state index contributed by atoms with van der Waals surface area (Å²) >= 11 is 3.30. The monoisotopic (exact) mass is 345 g/mol. The van der Waals surface area contributed by atoms with Gasteiger partial charge in [-0.25, -0.2) is 4.98 Å². The van der Waals surface area contributed by atoms with E-state index in [1.807, 2.05) is 6.92 Å². The average Bonchev–Trinajstić information content (AvgIpc) is 2.82. The molecule has 4 N–H and O–H groups in total. The number of anilines is 1. The first-order valence-corrected chi connectivity index (χ1v) is 7.59. The Kier molecular flexibility index (Phi) is 3.88. The van der Waals surface area contributed by atoms with E-state index in [0.29, 0.717) is 5.56 Å². The highest BCUT2D eigenvalue weighted by molar-refractivity contribution is 9.10. The summed E-state index contributed by atoms with van der Waals surface area (Å²) in [6.07, 6.45) is 2.92. The predicted octanol–water partition coefficient (Wildman–Crippen LogP) is 1.14. The van der Waals surface area contributed by atoms with Crippen LogP contribution in [0.3, 0.4) is 0 Å². The second-order valence-corrected chi connectivity index (χ2v) is 6.33. The number of hydrogen-bond acceptors (Lipinski definition) is 5. The average molecular weight is 346 g/mol. The molecule has 0 radical (unpaired) electrons. The Bertz CT molecular complexity index is 698. The quantitative estimate of drug-likeness (QED) is 0.768. The smallest absolute Gasteiger partial charge is 0.280 e. The van der Waals surface area contributed by atoms with Crippen LogP contribution in [0.25, 0.3) is 0 Å². The minimum atomic E-state index is -3.77. The summed E-state index contributed by atoms with van der Waals surface area (Å²) in [7, 11) is -3.77. The van der Waals surface area contributed by atoms with Gasteiger partial charge in [0.1, 0.15) is 5.82 Å². The van der Waals surface area contributed by atoms with Gasteiger partial charge in [0.2, 0.25) is 0 Å². The van der Waals surface area contributed by atoms with Gasteiger partial charge in [-0.3, -0.25) is 9.82 Å². The summed E-state index contributed by atoms with van der Waals surface area (Å²) in [4.78, 5) is 3.99. The third-order valence-corrected chi connectivity index (χ3v) is 4.65. The van der Waals surface area contributed by atoms with Crippen molar-refractivity contribution in [3.63, 3.8) is 0 Å². The number of pyridine rings is 1. The third-order valence-electron chi connectivity index (χ3n) is 2.45. The number of aromatic nitrogens is 3. The van der Waals surface area contributed by atoms with Gasteiger partial charge in [-0.1, -0.05) is 0 Å². The molecule has 0 saturated carbocycles. The molecular weight excluding hydrogens is 334 g/mol. The fourth-order valence-corrected chi connectivity index (χ4v) is 2.82. The fourth-order valence-electron chi connectivity index (χ4n) is 1.46. The number of H-pyrrole nitrogens is 1. The summed E-state index contributed by atoms with van der Waals surface area (Å²) in [6.45, 7) is 1.92. The molecule has 7 nitrogen and oxygen atoms in total. The molecule has 0 saturated heterocycles. The fraction of sp³-hybridized carbons (Fsp3) is 0.200. The molecule has 0 spiro atoms. The Morgan fingerprint density at radius 1 is 1.47 bits per heavy atom. The summed E-state index contributed by atoms with van der Waals surface area (Å²) in [5.41, 5.74) is 6.74. The van der Waals surface area contributed by atoms with Crippen molar-refractivity contribution >= 4 is 31.8 Å². The molecule has 9 heteroatoms. The van der Waals surface area contributed by atoms with Crippen molar-refractivity contribution in [3.8, 4) is 0 Å². The van der Waals surface area contributed by atoms with Crippen molar-refractivity contribution in [1.29, 1.82) is 0 Å². The Morgan fingerprint density at radius 2 is 2.21 bits per heavy atom. The Hall–Kier alpha value is -1.45. The molecule has 0 amide bonds. The molecule has 2 rings (SSSR count). The molecule has 0 aromatic carbocycles. The topological polar surface area (TPSA) is 114 Å². The standard InChI is InChI=1S/C10H12BrN5O2S/c1-6-2-9(13-5-8(6)11)16-19(17,18)10-7(3-12)4-14-15-10/h2,4-5H,3,12H2,1H3,(H,13,16)(H,14,15). The summed E-state index contributed by atoms with van der Waals surface area (Å²) in [6, 6.07) is 1.63. The lowest BCUT2D eigenvalue weighted by atomic mass is 10.3. The van der Waals surface area contributed by atoms with Gasteiger partial charge in [-0.2, -0.15) is 13.5 Å². The number of rotatable bonds is 4. The van der Waals surface area contributed by atoms with Crippen LogP contribution in [0.15, 0.2) is 28.0 Å². The van der Waals surface area contributed by atoms with Crippen molar-refractivity contribution in [2.24, 2.45) is 5.73 Å². The zero-order valence-corrected chi connectivity index (χ0v) is 12.4. The first kappa shape index (κ1) is 14.0. The normalized spacial score (nSPS) is 11.5. The highest BCUT2D eigenvalue weighted by Gasteiger charge is 2.20. The van der Waals surface area contributed by atoms with Crippen LogP contribution in [-0.4, -0.2) is 23.6 Å². The Labute approximate surface area is 118 Å². The Balaban J connectivity index is 2.34. The highest BCUT2D eigenvalue weighted by Crippen LogP contribution is 2.20. The maximum atomic E-state index is 12.1. The molecule has 0 bridgehead atoms. The van der Waals surface area contributed by atoms with Crippen LogP contribution in [-0.2, 0) is 16.6 Å². The molecule has 0 aliphatic carbocycles. The maximum Gasteiger partial charge on any atom is 0.280 e. The number of nitrogens with zero attached hydrogens (tertiary/aromatic N) is 2. The lowest BCUT2D eigenvalue weighted by Crippen LogP contribution is -2.17. The van der Waals surface area contributed by atoms with E-state index in [2.05, 4.69) is 35.8 Å². The molecule has 0 aliphatic rings. The molecule has 102 valence electrons. The number of hydrogen-bond donors (Lipinski definition) is 3. The molecule has 2 heterocycles. The van der Waals surface area contributed by atoms with Crippen LogP contribution in [0, 0.1) is 6.92 Å². The lowest BCUT2D eigenvalue weighted by molar-refractivity contribution is 0.595. The summed E-state index contributed by atoms with van der Waals surface area (Å²) in [5, 5.41) is 6.06. The van der Waals surface area contributed by atoms with Crippen LogP contribution in [0.1, 0.15) is 11.1 Å². The first-order valence-electron chi connectivity index (χ1n) is 5.31. The van der Waals surface area contributed by atoms with Crippen LogP contribution in [0.4, 0.5) is 5.82 Å². The van der Waals surface area contributed by atoms with E-state index >= 15 is 0 Å². The van der Waals surface area contributed by atoms with E-state index in [4.69, 9.17) is 5.73 Å². The van der Waals surface area contributed by atoms with E-state index < -0.39 is 10.0 Å². The van der Waals surface area contributed by atoms with Crippen LogP contribution < -0.4 is 10.5 Å². The second kappa shape index (κ2) is 5.27. The summed E-state index contributed by atoms with van der Waals surface area (Å²) < 4.78 is 27.5. The largest absolute Gasteiger partial charge is 0.326 e. The maximum absolute atomic E-state index is 12.1. The molecular formula is C10H12BrN5O2S. The van der Waals surface area contributed by atoms with Crippen molar-refractivity contribution in [3.05, 3.63) is 34.1 Å². The van der Waals surface area contributed by atoms with E-state index in [1.54, 1.807) is 6.07 Å². The number of aromatic amines is 1. The van der Waals surface area contributed by atoms with Gasteiger partial charge in [0.25, 0.3) is 10.0 Å². The summed E-state index contributed by atoms with van der Waals surface area (Å²) in [5.74, 6) is 0.235. The van der Waals surface area contributed by atoms with Crippen molar-refractivity contribution in [1.82, 2.24) is 15.2 Å². The van der Waals surface area contributed by atoms with Crippen LogP contribution in [0.5, 0.6) is 0 Å². The lowest BCUT2D eigenvalue weighted by Gasteiger charge is -2.08. The molecule has 19 heavy (non-hydrogen) atoms.